The highest BCUT2D eigenvalue weighted by molar-refractivity contribution is 5.94. The highest BCUT2D eigenvalue weighted by atomic mass is 16.2. The number of hydrogen-bond acceptors (Lipinski definition) is 3. The van der Waals surface area contributed by atoms with Crippen molar-refractivity contribution < 1.29 is 9.59 Å². The van der Waals surface area contributed by atoms with Gasteiger partial charge in [0.25, 0.3) is 5.91 Å². The van der Waals surface area contributed by atoms with Gasteiger partial charge in [0.05, 0.1) is 0 Å². The Balaban J connectivity index is 1.55. The third-order valence-electron chi connectivity index (χ3n) is 5.43. The minimum absolute atomic E-state index is 0.0654. The van der Waals surface area contributed by atoms with Crippen LogP contribution in [-0.4, -0.2) is 35.3 Å². The molecule has 0 aliphatic carbocycles. The number of nitrogens with zero attached hydrogens (tertiary/aromatic N) is 1. The van der Waals surface area contributed by atoms with Crippen LogP contribution >= 0.6 is 0 Å². The van der Waals surface area contributed by atoms with Crippen LogP contribution in [0.25, 0.3) is 0 Å². The number of carbonyl (C=O) groups excluding carboxylic acids is 2. The van der Waals surface area contributed by atoms with Crippen LogP contribution in [0, 0.1) is 0 Å². The molecule has 0 atom stereocenters. The van der Waals surface area contributed by atoms with Crippen molar-refractivity contribution in [2.75, 3.05) is 13.1 Å². The maximum atomic E-state index is 12.6. The molecule has 0 aromatic heterocycles. The van der Waals surface area contributed by atoms with Crippen LogP contribution in [-0.2, 0) is 24.3 Å². The highest BCUT2D eigenvalue weighted by Crippen LogP contribution is 2.25. The van der Waals surface area contributed by atoms with Crippen molar-refractivity contribution in [3.8, 4) is 0 Å². The van der Waals surface area contributed by atoms with Crippen LogP contribution in [0.1, 0.15) is 47.8 Å². The molecule has 0 saturated carbocycles. The minimum Gasteiger partial charge on any atom is -0.352 e. The van der Waals surface area contributed by atoms with Crippen molar-refractivity contribution in [2.24, 2.45) is 0 Å². The maximum absolute atomic E-state index is 12.6. The van der Waals surface area contributed by atoms with Gasteiger partial charge in [0.15, 0.2) is 0 Å². The smallest absolute Gasteiger partial charge is 0.251 e. The normalized spacial score (nSPS) is 14.2. The van der Waals surface area contributed by atoms with E-state index in [9.17, 15) is 9.59 Å². The monoisotopic (exact) mass is 379 g/mol. The first-order chi connectivity index (χ1) is 13.3. The van der Waals surface area contributed by atoms with E-state index < -0.39 is 0 Å². The van der Waals surface area contributed by atoms with E-state index in [1.807, 2.05) is 12.1 Å². The fraction of sp³-hybridized carbons (Fsp3) is 0.391. The molecule has 0 spiro atoms. The second kappa shape index (κ2) is 8.57. The van der Waals surface area contributed by atoms with Gasteiger partial charge in [-0.2, -0.15) is 0 Å². The molecule has 2 N–H and O–H groups in total. The molecule has 1 aliphatic heterocycles. The topological polar surface area (TPSA) is 61.4 Å². The summed E-state index contributed by atoms with van der Waals surface area (Å²) in [6, 6.07) is 15.9. The molecule has 2 aromatic rings. The standard InChI is InChI=1S/C23H29N3O2/c1-17(27)24-14-18-8-10-20(11-9-18)22(28)25-16-23(2,3)26-13-12-19-6-4-5-7-21(19)15-26/h4-11H,12-16H2,1-3H3,(H,24,27)(H,25,28). The van der Waals surface area contributed by atoms with Gasteiger partial charge in [0, 0.05) is 44.2 Å². The van der Waals surface area contributed by atoms with Crippen molar-refractivity contribution >= 4 is 11.8 Å². The summed E-state index contributed by atoms with van der Waals surface area (Å²) in [5, 5.41) is 5.83. The molecule has 148 valence electrons. The quantitative estimate of drug-likeness (QED) is 0.811. The predicted octanol–water partition coefficient (Wildman–Crippen LogP) is 2.89. The van der Waals surface area contributed by atoms with E-state index in [1.54, 1.807) is 12.1 Å². The van der Waals surface area contributed by atoms with Crippen molar-refractivity contribution in [2.45, 2.75) is 45.8 Å². The van der Waals surface area contributed by atoms with Crippen molar-refractivity contribution in [3.05, 3.63) is 70.8 Å². The van der Waals surface area contributed by atoms with E-state index >= 15 is 0 Å². The maximum Gasteiger partial charge on any atom is 0.251 e. The first-order valence-electron chi connectivity index (χ1n) is 9.78. The molecule has 0 saturated heterocycles. The Morgan fingerprint density at radius 3 is 2.36 bits per heavy atom. The molecule has 0 bridgehead atoms. The molecule has 5 heteroatoms. The van der Waals surface area contributed by atoms with E-state index in [1.165, 1.54) is 18.1 Å². The molecule has 2 amide bonds. The van der Waals surface area contributed by atoms with Crippen molar-refractivity contribution in [1.82, 2.24) is 15.5 Å². The number of fused-ring (bicyclic) bond motifs is 1. The zero-order valence-corrected chi connectivity index (χ0v) is 16.9. The Morgan fingerprint density at radius 1 is 1.00 bits per heavy atom. The van der Waals surface area contributed by atoms with E-state index in [-0.39, 0.29) is 17.4 Å². The molecule has 1 aliphatic rings. The molecule has 3 rings (SSSR count). The molecule has 2 aromatic carbocycles. The van der Waals surface area contributed by atoms with Gasteiger partial charge in [-0.15, -0.1) is 0 Å². The van der Waals surface area contributed by atoms with E-state index in [2.05, 4.69) is 53.6 Å². The third kappa shape index (κ3) is 4.98. The Kier molecular flexibility index (Phi) is 6.15. The average Bonchev–Trinajstić information content (AvgIpc) is 2.70. The lowest BCUT2D eigenvalue weighted by molar-refractivity contribution is -0.119. The Labute approximate surface area is 167 Å². The van der Waals surface area contributed by atoms with Gasteiger partial charge in [-0.3, -0.25) is 14.5 Å². The number of carbonyl (C=O) groups is 2. The second-order valence-electron chi connectivity index (χ2n) is 8.04. The molecule has 28 heavy (non-hydrogen) atoms. The van der Waals surface area contributed by atoms with Gasteiger partial charge in [0.2, 0.25) is 5.91 Å². The largest absolute Gasteiger partial charge is 0.352 e. The Morgan fingerprint density at radius 2 is 1.68 bits per heavy atom. The summed E-state index contributed by atoms with van der Waals surface area (Å²) in [6.07, 6.45) is 1.04. The summed E-state index contributed by atoms with van der Waals surface area (Å²) in [5.41, 5.74) is 4.28. The SMILES string of the molecule is CC(=O)NCc1ccc(C(=O)NCC(C)(C)N2CCc3ccccc3C2)cc1. The predicted molar refractivity (Wildman–Crippen MR) is 111 cm³/mol. The zero-order valence-electron chi connectivity index (χ0n) is 16.9. The number of benzene rings is 2. The summed E-state index contributed by atoms with van der Waals surface area (Å²) in [7, 11) is 0. The molecule has 1 heterocycles. The fourth-order valence-corrected chi connectivity index (χ4v) is 3.52. The van der Waals surface area contributed by atoms with Crippen LogP contribution < -0.4 is 10.6 Å². The summed E-state index contributed by atoms with van der Waals surface area (Å²) in [5.74, 6) is -0.138. The Hall–Kier alpha value is -2.66. The zero-order chi connectivity index (χ0) is 20.1. The molecular weight excluding hydrogens is 350 g/mol. The van der Waals surface area contributed by atoms with Gasteiger partial charge in [-0.1, -0.05) is 36.4 Å². The van der Waals surface area contributed by atoms with E-state index in [0.717, 1.165) is 25.1 Å². The number of amides is 2. The van der Waals surface area contributed by atoms with Crippen molar-refractivity contribution in [3.63, 3.8) is 0 Å². The summed E-state index contributed by atoms with van der Waals surface area (Å²) >= 11 is 0. The van der Waals surface area contributed by atoms with E-state index in [4.69, 9.17) is 0 Å². The van der Waals surface area contributed by atoms with Gasteiger partial charge in [-0.05, 0) is 49.1 Å². The number of nitrogens with one attached hydrogen (secondary N) is 2. The van der Waals surface area contributed by atoms with Gasteiger partial charge in [0.1, 0.15) is 0 Å². The first-order valence-corrected chi connectivity index (χ1v) is 9.78. The van der Waals surface area contributed by atoms with Crippen LogP contribution in [0.4, 0.5) is 0 Å². The van der Waals surface area contributed by atoms with Crippen LogP contribution in [0.5, 0.6) is 0 Å². The third-order valence-corrected chi connectivity index (χ3v) is 5.43. The molecule has 5 nitrogen and oxygen atoms in total. The fourth-order valence-electron chi connectivity index (χ4n) is 3.52. The highest BCUT2D eigenvalue weighted by Gasteiger charge is 2.30. The van der Waals surface area contributed by atoms with Gasteiger partial charge < -0.3 is 10.6 Å². The van der Waals surface area contributed by atoms with Crippen molar-refractivity contribution in [1.29, 1.82) is 0 Å². The lowest BCUT2D eigenvalue weighted by Gasteiger charge is -2.41. The average molecular weight is 380 g/mol. The number of rotatable bonds is 6. The van der Waals surface area contributed by atoms with Gasteiger partial charge >= 0.3 is 0 Å². The van der Waals surface area contributed by atoms with Crippen LogP contribution in [0.15, 0.2) is 48.5 Å². The number of hydrogen-bond donors (Lipinski definition) is 2. The summed E-state index contributed by atoms with van der Waals surface area (Å²) in [6.45, 7) is 8.82. The molecule has 0 fully saturated rings. The molecular formula is C23H29N3O2. The Bertz CT molecular complexity index is 843. The van der Waals surface area contributed by atoms with E-state index in [0.29, 0.717) is 18.7 Å². The summed E-state index contributed by atoms with van der Waals surface area (Å²) in [4.78, 5) is 26.0. The lowest BCUT2D eigenvalue weighted by atomic mass is 9.94. The second-order valence-corrected chi connectivity index (χ2v) is 8.04. The van der Waals surface area contributed by atoms with Crippen LogP contribution in [0.2, 0.25) is 0 Å². The van der Waals surface area contributed by atoms with Crippen LogP contribution in [0.3, 0.4) is 0 Å². The lowest BCUT2D eigenvalue weighted by Crippen LogP contribution is -2.53. The molecule has 0 unspecified atom stereocenters. The molecule has 0 radical (unpaired) electrons. The van der Waals surface area contributed by atoms with Gasteiger partial charge in [-0.25, -0.2) is 0 Å². The summed E-state index contributed by atoms with van der Waals surface area (Å²) < 4.78 is 0. The minimum atomic E-state index is -0.130. The first kappa shape index (κ1) is 20.1.